The van der Waals surface area contributed by atoms with Crippen LogP contribution in [0.1, 0.15) is 5.56 Å². The largest absolute Gasteiger partial charge is 0.497 e. The molecule has 0 N–H and O–H groups in total. The Morgan fingerprint density at radius 1 is 1.00 bits per heavy atom. The smallest absolute Gasteiger partial charge is 0.320 e. The highest BCUT2D eigenvalue weighted by Crippen LogP contribution is 2.20. The molecular formula is C20H25N3O2. The lowest BCUT2D eigenvalue weighted by molar-refractivity contribution is 0.157. The van der Waals surface area contributed by atoms with Gasteiger partial charge in [0.15, 0.2) is 0 Å². The molecule has 0 atom stereocenters. The molecule has 0 aliphatic carbocycles. The van der Waals surface area contributed by atoms with Crippen LogP contribution in [-0.2, 0) is 6.54 Å². The number of carbonyl (C=O) groups excluding carboxylic acids is 1. The minimum absolute atomic E-state index is 0.0956. The van der Waals surface area contributed by atoms with Gasteiger partial charge in [-0.05, 0) is 29.8 Å². The molecule has 25 heavy (non-hydrogen) atoms. The molecule has 2 amide bonds. The third-order valence-corrected chi connectivity index (χ3v) is 4.58. The van der Waals surface area contributed by atoms with E-state index in [1.54, 1.807) is 12.0 Å². The number of amides is 2. The Hall–Kier alpha value is -2.69. The van der Waals surface area contributed by atoms with Crippen molar-refractivity contribution in [3.05, 3.63) is 60.2 Å². The van der Waals surface area contributed by atoms with Crippen molar-refractivity contribution in [2.45, 2.75) is 6.54 Å². The van der Waals surface area contributed by atoms with Crippen LogP contribution < -0.4 is 9.64 Å². The van der Waals surface area contributed by atoms with E-state index in [2.05, 4.69) is 17.0 Å². The van der Waals surface area contributed by atoms with Crippen molar-refractivity contribution in [3.63, 3.8) is 0 Å². The van der Waals surface area contributed by atoms with Crippen LogP contribution in [0.2, 0.25) is 0 Å². The first-order valence-corrected chi connectivity index (χ1v) is 8.60. The van der Waals surface area contributed by atoms with Gasteiger partial charge in [-0.3, -0.25) is 0 Å². The number of hydrogen-bond donors (Lipinski definition) is 0. The fraction of sp³-hybridized carbons (Fsp3) is 0.350. The molecule has 2 aromatic rings. The van der Waals surface area contributed by atoms with Gasteiger partial charge in [-0.25, -0.2) is 4.79 Å². The Morgan fingerprint density at radius 3 is 2.24 bits per heavy atom. The number of urea groups is 1. The number of hydrogen-bond acceptors (Lipinski definition) is 3. The molecule has 1 heterocycles. The predicted molar refractivity (Wildman–Crippen MR) is 100 cm³/mol. The molecule has 2 aromatic carbocycles. The van der Waals surface area contributed by atoms with Crippen molar-refractivity contribution in [1.29, 1.82) is 0 Å². The van der Waals surface area contributed by atoms with Gasteiger partial charge >= 0.3 is 6.03 Å². The van der Waals surface area contributed by atoms with Crippen LogP contribution in [0, 0.1) is 0 Å². The highest BCUT2D eigenvalue weighted by atomic mass is 16.5. The van der Waals surface area contributed by atoms with Gasteiger partial charge in [-0.2, -0.15) is 0 Å². The van der Waals surface area contributed by atoms with Crippen molar-refractivity contribution in [2.75, 3.05) is 45.2 Å². The van der Waals surface area contributed by atoms with E-state index in [0.29, 0.717) is 6.54 Å². The number of benzene rings is 2. The Labute approximate surface area is 149 Å². The van der Waals surface area contributed by atoms with E-state index in [0.717, 1.165) is 37.5 Å². The molecule has 0 aromatic heterocycles. The Morgan fingerprint density at radius 2 is 1.64 bits per heavy atom. The third-order valence-electron chi connectivity index (χ3n) is 4.58. The number of nitrogens with zero attached hydrogens (tertiary/aromatic N) is 3. The molecule has 0 radical (unpaired) electrons. The molecule has 1 aliphatic heterocycles. The molecule has 0 unspecified atom stereocenters. The van der Waals surface area contributed by atoms with E-state index in [9.17, 15) is 4.79 Å². The van der Waals surface area contributed by atoms with E-state index < -0.39 is 0 Å². The number of rotatable bonds is 4. The van der Waals surface area contributed by atoms with E-state index in [4.69, 9.17) is 4.74 Å². The number of piperazine rings is 1. The van der Waals surface area contributed by atoms with Gasteiger partial charge in [-0.15, -0.1) is 0 Å². The predicted octanol–water partition coefficient (Wildman–Crippen LogP) is 3.07. The zero-order valence-corrected chi connectivity index (χ0v) is 14.9. The maximum absolute atomic E-state index is 12.6. The van der Waals surface area contributed by atoms with E-state index in [-0.39, 0.29) is 6.03 Å². The summed E-state index contributed by atoms with van der Waals surface area (Å²) in [6.45, 7) is 3.81. The topological polar surface area (TPSA) is 36.0 Å². The number of ether oxygens (including phenoxy) is 1. The van der Waals surface area contributed by atoms with Crippen molar-refractivity contribution in [1.82, 2.24) is 9.80 Å². The fourth-order valence-electron chi connectivity index (χ4n) is 3.12. The maximum Gasteiger partial charge on any atom is 0.320 e. The van der Waals surface area contributed by atoms with Gasteiger partial charge in [0.2, 0.25) is 0 Å². The number of methoxy groups -OCH3 is 1. The van der Waals surface area contributed by atoms with Crippen LogP contribution >= 0.6 is 0 Å². The van der Waals surface area contributed by atoms with E-state index in [1.807, 2.05) is 54.4 Å². The first kappa shape index (κ1) is 17.1. The standard InChI is InChI=1S/C20H25N3O2/c1-21(16-17-6-4-3-5-7-17)20(24)23-14-12-22(13-15-23)18-8-10-19(25-2)11-9-18/h3-11H,12-16H2,1-2H3. The van der Waals surface area contributed by atoms with Crippen LogP contribution in [0.25, 0.3) is 0 Å². The summed E-state index contributed by atoms with van der Waals surface area (Å²) in [7, 11) is 3.54. The normalized spacial score (nSPS) is 14.3. The van der Waals surface area contributed by atoms with Crippen LogP contribution in [-0.4, -0.2) is 56.2 Å². The summed E-state index contributed by atoms with van der Waals surface area (Å²) in [6, 6.07) is 18.3. The SMILES string of the molecule is COc1ccc(N2CCN(C(=O)N(C)Cc3ccccc3)CC2)cc1. The second kappa shape index (κ2) is 7.92. The summed E-state index contributed by atoms with van der Waals surface area (Å²) in [6.07, 6.45) is 0. The molecule has 1 aliphatic rings. The molecule has 1 fully saturated rings. The quantitative estimate of drug-likeness (QED) is 0.859. The van der Waals surface area contributed by atoms with Crippen LogP contribution in [0.5, 0.6) is 5.75 Å². The molecule has 3 rings (SSSR count). The van der Waals surface area contributed by atoms with Gasteiger partial charge in [0.05, 0.1) is 7.11 Å². The zero-order chi connectivity index (χ0) is 17.6. The fourth-order valence-corrected chi connectivity index (χ4v) is 3.12. The molecule has 0 saturated carbocycles. The average molecular weight is 339 g/mol. The summed E-state index contributed by atoms with van der Waals surface area (Å²) in [4.78, 5) is 18.7. The highest BCUT2D eigenvalue weighted by Gasteiger charge is 2.23. The van der Waals surface area contributed by atoms with Gasteiger partial charge in [0, 0.05) is 45.5 Å². The second-order valence-electron chi connectivity index (χ2n) is 6.30. The molecule has 5 nitrogen and oxygen atoms in total. The van der Waals surface area contributed by atoms with Crippen LogP contribution in [0.15, 0.2) is 54.6 Å². The summed E-state index contributed by atoms with van der Waals surface area (Å²) >= 11 is 0. The second-order valence-corrected chi connectivity index (χ2v) is 6.30. The molecule has 132 valence electrons. The van der Waals surface area contributed by atoms with Crippen molar-refractivity contribution in [2.24, 2.45) is 0 Å². The number of anilines is 1. The Balaban J connectivity index is 1.53. The summed E-state index contributed by atoms with van der Waals surface area (Å²) in [5, 5.41) is 0. The minimum Gasteiger partial charge on any atom is -0.497 e. The average Bonchev–Trinajstić information content (AvgIpc) is 2.68. The lowest BCUT2D eigenvalue weighted by atomic mass is 10.2. The van der Waals surface area contributed by atoms with Crippen molar-refractivity contribution >= 4 is 11.7 Å². The van der Waals surface area contributed by atoms with Gasteiger partial charge in [-0.1, -0.05) is 30.3 Å². The Bertz CT molecular complexity index is 680. The maximum atomic E-state index is 12.6. The molecule has 0 bridgehead atoms. The molecule has 1 saturated heterocycles. The zero-order valence-electron chi connectivity index (χ0n) is 14.9. The minimum atomic E-state index is 0.0956. The van der Waals surface area contributed by atoms with Crippen LogP contribution in [0.4, 0.5) is 10.5 Å². The first-order chi connectivity index (χ1) is 12.2. The molecule has 5 heteroatoms. The lowest BCUT2D eigenvalue weighted by Crippen LogP contribution is -2.52. The van der Waals surface area contributed by atoms with Crippen molar-refractivity contribution in [3.8, 4) is 5.75 Å². The van der Waals surface area contributed by atoms with E-state index in [1.165, 1.54) is 5.69 Å². The molecule has 0 spiro atoms. The van der Waals surface area contributed by atoms with Gasteiger partial charge < -0.3 is 19.4 Å². The lowest BCUT2D eigenvalue weighted by Gasteiger charge is -2.37. The Kier molecular flexibility index (Phi) is 5.43. The molecular weight excluding hydrogens is 314 g/mol. The summed E-state index contributed by atoms with van der Waals surface area (Å²) < 4.78 is 5.20. The number of carbonyl (C=O) groups is 1. The van der Waals surface area contributed by atoms with Crippen LogP contribution in [0.3, 0.4) is 0 Å². The highest BCUT2D eigenvalue weighted by molar-refractivity contribution is 5.74. The van der Waals surface area contributed by atoms with Gasteiger partial charge in [0.25, 0.3) is 0 Å². The third kappa shape index (κ3) is 4.24. The van der Waals surface area contributed by atoms with E-state index >= 15 is 0 Å². The summed E-state index contributed by atoms with van der Waals surface area (Å²) in [5.41, 5.74) is 2.32. The summed E-state index contributed by atoms with van der Waals surface area (Å²) in [5.74, 6) is 0.861. The first-order valence-electron chi connectivity index (χ1n) is 8.60. The van der Waals surface area contributed by atoms with Crippen molar-refractivity contribution < 1.29 is 9.53 Å². The van der Waals surface area contributed by atoms with Gasteiger partial charge in [0.1, 0.15) is 5.75 Å². The monoisotopic (exact) mass is 339 g/mol.